The third kappa shape index (κ3) is 5.10. The summed E-state index contributed by atoms with van der Waals surface area (Å²) in [4.78, 5) is 23.1. The Labute approximate surface area is 133 Å². The molecular weight excluding hydrogens is 299 g/mol. The molecule has 2 aromatic carbocycles. The van der Waals surface area contributed by atoms with Crippen molar-refractivity contribution in [2.24, 2.45) is 0 Å². The lowest BCUT2D eigenvalue weighted by molar-refractivity contribution is 0.0600. The fourth-order valence-corrected chi connectivity index (χ4v) is 1.95. The van der Waals surface area contributed by atoms with E-state index >= 15 is 0 Å². The van der Waals surface area contributed by atoms with E-state index in [-0.39, 0.29) is 11.8 Å². The zero-order valence-corrected chi connectivity index (χ0v) is 12.6. The number of esters is 1. The molecule has 0 atom stereocenters. The van der Waals surface area contributed by atoms with E-state index in [9.17, 15) is 14.0 Å². The summed E-state index contributed by atoms with van der Waals surface area (Å²) < 4.78 is 17.4. The molecule has 0 spiro atoms. The Balaban J connectivity index is 1.78. The van der Waals surface area contributed by atoms with Crippen LogP contribution in [0.3, 0.4) is 0 Å². The molecule has 2 rings (SSSR count). The van der Waals surface area contributed by atoms with Crippen molar-refractivity contribution in [1.82, 2.24) is 5.32 Å². The molecule has 0 heterocycles. The van der Waals surface area contributed by atoms with Crippen molar-refractivity contribution in [3.05, 3.63) is 65.5 Å². The van der Waals surface area contributed by atoms with Crippen LogP contribution in [-0.2, 0) is 11.2 Å². The minimum Gasteiger partial charge on any atom is -0.465 e. The lowest BCUT2D eigenvalue weighted by Crippen LogP contribution is -2.30. The SMILES string of the molecule is COC(=O)c1ccc(NC(=O)NCCc2ccc(F)cc2)cc1. The van der Waals surface area contributed by atoms with Crippen molar-refractivity contribution in [3.8, 4) is 0 Å². The first-order valence-corrected chi connectivity index (χ1v) is 7.06. The first-order valence-electron chi connectivity index (χ1n) is 7.06. The fourth-order valence-electron chi connectivity index (χ4n) is 1.95. The van der Waals surface area contributed by atoms with E-state index < -0.39 is 5.97 Å². The van der Waals surface area contributed by atoms with Gasteiger partial charge in [0.1, 0.15) is 5.82 Å². The molecule has 2 amide bonds. The number of carbonyl (C=O) groups excluding carboxylic acids is 2. The molecule has 0 aliphatic carbocycles. The first kappa shape index (κ1) is 16.5. The minimum absolute atomic E-state index is 0.283. The standard InChI is InChI=1S/C17H17FN2O3/c1-23-16(21)13-4-8-15(9-5-13)20-17(22)19-11-10-12-2-6-14(18)7-3-12/h2-9H,10-11H2,1H3,(H2,19,20,22). The third-order valence-electron chi connectivity index (χ3n) is 3.18. The molecule has 0 saturated heterocycles. The van der Waals surface area contributed by atoms with E-state index in [1.54, 1.807) is 36.4 Å². The van der Waals surface area contributed by atoms with Crippen molar-refractivity contribution in [2.45, 2.75) is 6.42 Å². The Morgan fingerprint density at radius 1 is 1.04 bits per heavy atom. The van der Waals surface area contributed by atoms with Crippen molar-refractivity contribution >= 4 is 17.7 Å². The number of ether oxygens (including phenoxy) is 1. The summed E-state index contributed by atoms with van der Waals surface area (Å²) in [7, 11) is 1.31. The van der Waals surface area contributed by atoms with Crippen LogP contribution in [0.25, 0.3) is 0 Å². The molecule has 0 saturated carbocycles. The van der Waals surface area contributed by atoms with Gasteiger partial charge >= 0.3 is 12.0 Å². The average molecular weight is 316 g/mol. The van der Waals surface area contributed by atoms with E-state index in [4.69, 9.17) is 0 Å². The molecular formula is C17H17FN2O3. The summed E-state index contributed by atoms with van der Waals surface area (Å²) in [6.07, 6.45) is 0.606. The lowest BCUT2D eigenvalue weighted by Gasteiger charge is -2.08. The van der Waals surface area contributed by atoms with E-state index in [0.29, 0.717) is 24.2 Å². The Hall–Kier alpha value is -2.89. The summed E-state index contributed by atoms with van der Waals surface area (Å²) in [6, 6.07) is 12.2. The van der Waals surface area contributed by atoms with Gasteiger partial charge in [0.15, 0.2) is 0 Å². The lowest BCUT2D eigenvalue weighted by atomic mass is 10.1. The maximum absolute atomic E-state index is 12.8. The van der Waals surface area contributed by atoms with E-state index in [1.165, 1.54) is 19.2 Å². The summed E-state index contributed by atoms with van der Waals surface area (Å²) in [5.74, 6) is -0.713. The molecule has 2 N–H and O–H groups in total. The Morgan fingerprint density at radius 2 is 1.70 bits per heavy atom. The molecule has 0 aliphatic rings. The van der Waals surface area contributed by atoms with Crippen LogP contribution in [-0.4, -0.2) is 25.7 Å². The molecule has 23 heavy (non-hydrogen) atoms. The van der Waals surface area contributed by atoms with Gasteiger partial charge < -0.3 is 15.4 Å². The van der Waals surface area contributed by atoms with Gasteiger partial charge in [-0.3, -0.25) is 0 Å². The Kier molecular flexibility index (Phi) is 5.68. The van der Waals surface area contributed by atoms with Crippen LogP contribution in [0.15, 0.2) is 48.5 Å². The number of benzene rings is 2. The first-order chi connectivity index (χ1) is 11.1. The van der Waals surface area contributed by atoms with Gasteiger partial charge in [-0.15, -0.1) is 0 Å². The van der Waals surface area contributed by atoms with Crippen LogP contribution in [0.5, 0.6) is 0 Å². The maximum atomic E-state index is 12.8. The monoisotopic (exact) mass is 316 g/mol. The number of carbonyl (C=O) groups is 2. The maximum Gasteiger partial charge on any atom is 0.337 e. The Bertz CT molecular complexity index is 669. The predicted octanol–water partition coefficient (Wildman–Crippen LogP) is 2.98. The molecule has 0 fully saturated rings. The molecule has 0 aromatic heterocycles. The highest BCUT2D eigenvalue weighted by Crippen LogP contribution is 2.10. The van der Waals surface area contributed by atoms with Gasteiger partial charge in [-0.05, 0) is 48.4 Å². The predicted molar refractivity (Wildman–Crippen MR) is 84.9 cm³/mol. The third-order valence-corrected chi connectivity index (χ3v) is 3.18. The molecule has 0 bridgehead atoms. The average Bonchev–Trinajstić information content (AvgIpc) is 2.56. The fraction of sp³-hybridized carbons (Fsp3) is 0.176. The number of urea groups is 1. The molecule has 120 valence electrons. The number of anilines is 1. The number of amides is 2. The van der Waals surface area contributed by atoms with Gasteiger partial charge in [-0.1, -0.05) is 12.1 Å². The van der Waals surface area contributed by atoms with Gasteiger partial charge in [0.25, 0.3) is 0 Å². The van der Waals surface area contributed by atoms with Crippen LogP contribution >= 0.6 is 0 Å². The number of methoxy groups -OCH3 is 1. The van der Waals surface area contributed by atoms with Crippen LogP contribution < -0.4 is 10.6 Å². The van der Waals surface area contributed by atoms with Crippen LogP contribution in [0.2, 0.25) is 0 Å². The molecule has 0 radical (unpaired) electrons. The van der Waals surface area contributed by atoms with Gasteiger partial charge in [0, 0.05) is 12.2 Å². The quantitative estimate of drug-likeness (QED) is 0.833. The second-order valence-corrected chi connectivity index (χ2v) is 4.83. The summed E-state index contributed by atoms with van der Waals surface area (Å²) in [6.45, 7) is 0.428. The molecule has 5 nitrogen and oxygen atoms in total. The summed E-state index contributed by atoms with van der Waals surface area (Å²) in [5.41, 5.74) is 1.92. The van der Waals surface area contributed by atoms with Gasteiger partial charge in [-0.25, -0.2) is 14.0 Å². The highest BCUT2D eigenvalue weighted by atomic mass is 19.1. The van der Waals surface area contributed by atoms with Gasteiger partial charge in [0.05, 0.1) is 12.7 Å². The van der Waals surface area contributed by atoms with Gasteiger partial charge in [-0.2, -0.15) is 0 Å². The van der Waals surface area contributed by atoms with Crippen molar-refractivity contribution in [1.29, 1.82) is 0 Å². The largest absolute Gasteiger partial charge is 0.465 e. The van der Waals surface area contributed by atoms with Crippen molar-refractivity contribution < 1.29 is 18.7 Å². The Morgan fingerprint density at radius 3 is 2.30 bits per heavy atom. The van der Waals surface area contributed by atoms with Crippen LogP contribution in [0.4, 0.5) is 14.9 Å². The number of hydrogen-bond acceptors (Lipinski definition) is 3. The summed E-state index contributed by atoms with van der Waals surface area (Å²) >= 11 is 0. The van der Waals surface area contributed by atoms with Crippen LogP contribution in [0, 0.1) is 5.82 Å². The zero-order chi connectivity index (χ0) is 16.7. The highest BCUT2D eigenvalue weighted by Gasteiger charge is 2.06. The minimum atomic E-state index is -0.430. The molecule has 0 unspecified atom stereocenters. The van der Waals surface area contributed by atoms with Gasteiger partial charge in [0.2, 0.25) is 0 Å². The molecule has 0 aliphatic heterocycles. The number of halogens is 1. The zero-order valence-electron chi connectivity index (χ0n) is 12.6. The topological polar surface area (TPSA) is 67.4 Å². The van der Waals surface area contributed by atoms with E-state index in [1.807, 2.05) is 0 Å². The number of rotatable bonds is 5. The normalized spacial score (nSPS) is 10.0. The van der Waals surface area contributed by atoms with Crippen molar-refractivity contribution in [2.75, 3.05) is 19.0 Å². The highest BCUT2D eigenvalue weighted by molar-refractivity contribution is 5.92. The number of nitrogens with one attached hydrogen (secondary N) is 2. The van der Waals surface area contributed by atoms with Crippen molar-refractivity contribution in [3.63, 3.8) is 0 Å². The van der Waals surface area contributed by atoms with E-state index in [0.717, 1.165) is 5.56 Å². The molecule has 6 heteroatoms. The summed E-state index contributed by atoms with van der Waals surface area (Å²) in [5, 5.41) is 5.37. The number of hydrogen-bond donors (Lipinski definition) is 2. The molecule has 2 aromatic rings. The van der Waals surface area contributed by atoms with E-state index in [2.05, 4.69) is 15.4 Å². The smallest absolute Gasteiger partial charge is 0.337 e. The second kappa shape index (κ2) is 7.93. The van der Waals surface area contributed by atoms with Crippen LogP contribution in [0.1, 0.15) is 15.9 Å². The second-order valence-electron chi connectivity index (χ2n) is 4.83.